The number of hydrogen-bond acceptors (Lipinski definition) is 4. The molecule has 4 nitrogen and oxygen atoms in total. The number of aromatic nitrogens is 1. The first kappa shape index (κ1) is 12.1. The Labute approximate surface area is 111 Å². The number of carbonyl (C=O) groups excluding carboxylic acids is 1. The van der Waals surface area contributed by atoms with E-state index in [4.69, 9.17) is 5.73 Å². The van der Waals surface area contributed by atoms with Gasteiger partial charge in [-0.2, -0.15) is 0 Å². The van der Waals surface area contributed by atoms with Gasteiger partial charge in [-0.3, -0.25) is 4.79 Å². The third-order valence-electron chi connectivity index (χ3n) is 2.13. The SMILES string of the molecule is Nc1ncccc1C(=O)NCc1cc(Br)cs1. The molecule has 88 valence electrons. The van der Waals surface area contributed by atoms with Crippen molar-refractivity contribution in [3.05, 3.63) is 44.7 Å². The van der Waals surface area contributed by atoms with Crippen molar-refractivity contribution in [3.63, 3.8) is 0 Å². The lowest BCUT2D eigenvalue weighted by atomic mass is 10.2. The second kappa shape index (κ2) is 5.29. The molecule has 0 aliphatic rings. The molecule has 0 saturated heterocycles. The Balaban J connectivity index is 2.01. The van der Waals surface area contributed by atoms with Crippen LogP contribution in [0.15, 0.2) is 34.2 Å². The smallest absolute Gasteiger partial charge is 0.255 e. The number of amides is 1. The van der Waals surface area contributed by atoms with Gasteiger partial charge in [0.15, 0.2) is 0 Å². The average molecular weight is 312 g/mol. The standard InChI is InChI=1S/C11H10BrN3OS/c12-7-4-8(17-6-7)5-15-11(16)9-2-1-3-14-10(9)13/h1-4,6H,5H2,(H2,13,14)(H,15,16). The van der Waals surface area contributed by atoms with Crippen LogP contribution < -0.4 is 11.1 Å². The van der Waals surface area contributed by atoms with Crippen molar-refractivity contribution in [2.45, 2.75) is 6.54 Å². The van der Waals surface area contributed by atoms with Crippen LogP contribution in [-0.4, -0.2) is 10.9 Å². The molecule has 0 spiro atoms. The number of pyridine rings is 1. The molecule has 0 bridgehead atoms. The van der Waals surface area contributed by atoms with Crippen LogP contribution >= 0.6 is 27.3 Å². The Morgan fingerprint density at radius 2 is 2.41 bits per heavy atom. The summed E-state index contributed by atoms with van der Waals surface area (Å²) in [7, 11) is 0. The van der Waals surface area contributed by atoms with E-state index in [1.165, 1.54) is 0 Å². The summed E-state index contributed by atoms with van der Waals surface area (Å²) in [6.45, 7) is 0.490. The fraction of sp³-hybridized carbons (Fsp3) is 0.0909. The van der Waals surface area contributed by atoms with Crippen LogP contribution in [0.2, 0.25) is 0 Å². The van der Waals surface area contributed by atoms with Crippen molar-refractivity contribution in [1.29, 1.82) is 0 Å². The van der Waals surface area contributed by atoms with E-state index in [0.717, 1.165) is 9.35 Å². The fourth-order valence-corrected chi connectivity index (χ4v) is 2.71. The summed E-state index contributed by atoms with van der Waals surface area (Å²) in [5, 5.41) is 4.77. The molecule has 17 heavy (non-hydrogen) atoms. The molecule has 1 amide bonds. The number of nitrogen functional groups attached to an aromatic ring is 1. The van der Waals surface area contributed by atoms with Crippen LogP contribution in [-0.2, 0) is 6.54 Å². The molecule has 0 atom stereocenters. The van der Waals surface area contributed by atoms with E-state index in [1.807, 2.05) is 11.4 Å². The van der Waals surface area contributed by atoms with Crippen LogP contribution in [0.1, 0.15) is 15.2 Å². The first-order valence-electron chi connectivity index (χ1n) is 4.88. The normalized spacial score (nSPS) is 10.2. The van der Waals surface area contributed by atoms with Crippen LogP contribution in [0.3, 0.4) is 0 Å². The summed E-state index contributed by atoms with van der Waals surface area (Å²) in [5.74, 6) is 0.0393. The third kappa shape index (κ3) is 3.04. The van der Waals surface area contributed by atoms with E-state index >= 15 is 0 Å². The second-order valence-electron chi connectivity index (χ2n) is 3.35. The molecular formula is C11H10BrN3OS. The number of nitrogens with one attached hydrogen (secondary N) is 1. The maximum Gasteiger partial charge on any atom is 0.255 e. The molecule has 2 aromatic heterocycles. The highest BCUT2D eigenvalue weighted by atomic mass is 79.9. The predicted molar refractivity (Wildman–Crippen MR) is 71.8 cm³/mol. The number of carbonyl (C=O) groups is 1. The molecule has 3 N–H and O–H groups in total. The van der Waals surface area contributed by atoms with Gasteiger partial charge in [-0.15, -0.1) is 11.3 Å². The highest BCUT2D eigenvalue weighted by Gasteiger charge is 2.09. The molecule has 0 fully saturated rings. The monoisotopic (exact) mass is 311 g/mol. The summed E-state index contributed by atoms with van der Waals surface area (Å²) < 4.78 is 1.02. The first-order chi connectivity index (χ1) is 8.16. The molecule has 0 saturated carbocycles. The second-order valence-corrected chi connectivity index (χ2v) is 5.26. The third-order valence-corrected chi connectivity index (χ3v) is 3.83. The maximum absolute atomic E-state index is 11.8. The Morgan fingerprint density at radius 1 is 1.59 bits per heavy atom. The highest BCUT2D eigenvalue weighted by molar-refractivity contribution is 9.10. The van der Waals surface area contributed by atoms with E-state index < -0.39 is 0 Å². The molecule has 2 aromatic rings. The van der Waals surface area contributed by atoms with Gasteiger partial charge in [0.25, 0.3) is 5.91 Å². The van der Waals surface area contributed by atoms with Gasteiger partial charge in [0.05, 0.1) is 12.1 Å². The Bertz CT molecular complexity index is 541. The van der Waals surface area contributed by atoms with Gasteiger partial charge in [-0.1, -0.05) is 0 Å². The Morgan fingerprint density at radius 3 is 3.06 bits per heavy atom. The van der Waals surface area contributed by atoms with Crippen molar-refractivity contribution in [3.8, 4) is 0 Å². The van der Waals surface area contributed by atoms with Gasteiger partial charge >= 0.3 is 0 Å². The lowest BCUT2D eigenvalue weighted by Crippen LogP contribution is -2.23. The lowest BCUT2D eigenvalue weighted by molar-refractivity contribution is 0.0952. The zero-order valence-electron chi connectivity index (χ0n) is 8.81. The Kier molecular flexibility index (Phi) is 3.75. The Hall–Kier alpha value is -1.40. The zero-order chi connectivity index (χ0) is 12.3. The van der Waals surface area contributed by atoms with Crippen LogP contribution in [0, 0.1) is 0 Å². The number of nitrogens with two attached hydrogens (primary N) is 1. The van der Waals surface area contributed by atoms with Crippen molar-refractivity contribution in [1.82, 2.24) is 10.3 Å². The molecule has 2 rings (SSSR count). The maximum atomic E-state index is 11.8. The summed E-state index contributed by atoms with van der Waals surface area (Å²) in [5.41, 5.74) is 6.02. The van der Waals surface area contributed by atoms with E-state index in [0.29, 0.717) is 12.1 Å². The summed E-state index contributed by atoms with van der Waals surface area (Å²) in [4.78, 5) is 16.8. The van der Waals surface area contributed by atoms with Gasteiger partial charge in [0.2, 0.25) is 0 Å². The fourth-order valence-electron chi connectivity index (χ4n) is 1.32. The van der Waals surface area contributed by atoms with Crippen LogP contribution in [0.25, 0.3) is 0 Å². The lowest BCUT2D eigenvalue weighted by Gasteiger charge is -2.05. The van der Waals surface area contributed by atoms with Crippen LogP contribution in [0.5, 0.6) is 0 Å². The highest BCUT2D eigenvalue weighted by Crippen LogP contribution is 2.19. The van der Waals surface area contributed by atoms with Crippen LogP contribution in [0.4, 0.5) is 5.82 Å². The number of nitrogens with zero attached hydrogens (tertiary/aromatic N) is 1. The van der Waals surface area contributed by atoms with Gasteiger partial charge in [-0.05, 0) is 34.1 Å². The zero-order valence-corrected chi connectivity index (χ0v) is 11.2. The molecule has 0 aliphatic carbocycles. The first-order valence-corrected chi connectivity index (χ1v) is 6.55. The van der Waals surface area contributed by atoms with E-state index in [9.17, 15) is 4.79 Å². The molecule has 0 aliphatic heterocycles. The topological polar surface area (TPSA) is 68.0 Å². The minimum absolute atomic E-state index is 0.208. The molecule has 0 radical (unpaired) electrons. The largest absolute Gasteiger partial charge is 0.383 e. The van der Waals surface area contributed by atoms with E-state index in [2.05, 4.69) is 26.2 Å². The van der Waals surface area contributed by atoms with Crippen molar-refractivity contribution in [2.24, 2.45) is 0 Å². The van der Waals surface area contributed by atoms with E-state index in [-0.39, 0.29) is 11.7 Å². The quantitative estimate of drug-likeness (QED) is 0.914. The molecular weight excluding hydrogens is 302 g/mol. The summed E-state index contributed by atoms with van der Waals surface area (Å²) in [6, 6.07) is 5.31. The van der Waals surface area contributed by atoms with Gasteiger partial charge in [-0.25, -0.2) is 4.98 Å². The van der Waals surface area contributed by atoms with E-state index in [1.54, 1.807) is 29.7 Å². The molecule has 0 unspecified atom stereocenters. The minimum Gasteiger partial charge on any atom is -0.383 e. The van der Waals surface area contributed by atoms with Crippen molar-refractivity contribution < 1.29 is 4.79 Å². The summed E-state index contributed by atoms with van der Waals surface area (Å²) >= 11 is 4.95. The average Bonchev–Trinajstić information content (AvgIpc) is 2.73. The van der Waals surface area contributed by atoms with Crippen molar-refractivity contribution in [2.75, 3.05) is 5.73 Å². The number of anilines is 1. The van der Waals surface area contributed by atoms with Gasteiger partial charge in [0.1, 0.15) is 5.82 Å². The van der Waals surface area contributed by atoms with Gasteiger partial charge < -0.3 is 11.1 Å². The number of rotatable bonds is 3. The predicted octanol–water partition coefficient (Wildman–Crippen LogP) is 2.42. The molecule has 6 heteroatoms. The number of hydrogen-bond donors (Lipinski definition) is 2. The summed E-state index contributed by atoms with van der Waals surface area (Å²) in [6.07, 6.45) is 1.56. The van der Waals surface area contributed by atoms with Crippen molar-refractivity contribution >= 4 is 39.0 Å². The number of thiophene rings is 1. The number of halogens is 1. The molecule has 0 aromatic carbocycles. The van der Waals surface area contributed by atoms with Gasteiger partial charge in [0, 0.05) is 20.9 Å². The molecule has 2 heterocycles. The minimum atomic E-state index is -0.208.